The Balaban J connectivity index is 2.58. The van der Waals surface area contributed by atoms with Crippen molar-refractivity contribution in [2.45, 2.75) is 25.9 Å². The van der Waals surface area contributed by atoms with Crippen molar-refractivity contribution in [1.29, 1.82) is 0 Å². The van der Waals surface area contributed by atoms with Gasteiger partial charge in [0, 0.05) is 24.5 Å². The SMILES string of the molecule is CN(c1nc2ccccc2cc1CN)C(C)(C)CO. The third-order valence-corrected chi connectivity index (χ3v) is 3.61. The molecule has 1 aromatic carbocycles. The van der Waals surface area contributed by atoms with Gasteiger partial charge in [-0.2, -0.15) is 0 Å². The predicted molar refractivity (Wildman–Crippen MR) is 79.2 cm³/mol. The van der Waals surface area contributed by atoms with Crippen molar-refractivity contribution < 1.29 is 5.11 Å². The average Bonchev–Trinajstić information content (AvgIpc) is 2.44. The van der Waals surface area contributed by atoms with Gasteiger partial charge in [-0.3, -0.25) is 0 Å². The number of nitrogens with two attached hydrogens (primary N) is 1. The third-order valence-electron chi connectivity index (χ3n) is 3.61. The predicted octanol–water partition coefficient (Wildman–Crippen LogP) is 1.90. The molecule has 3 N–H and O–H groups in total. The van der Waals surface area contributed by atoms with Crippen LogP contribution in [0.4, 0.5) is 5.82 Å². The van der Waals surface area contributed by atoms with Crippen molar-refractivity contribution in [3.05, 3.63) is 35.9 Å². The average molecular weight is 259 g/mol. The Morgan fingerprint density at radius 1 is 1.32 bits per heavy atom. The van der Waals surface area contributed by atoms with Gasteiger partial charge < -0.3 is 15.7 Å². The van der Waals surface area contributed by atoms with E-state index in [1.54, 1.807) is 0 Å². The van der Waals surface area contributed by atoms with Crippen LogP contribution in [0.1, 0.15) is 19.4 Å². The van der Waals surface area contributed by atoms with Crippen LogP contribution in [0.5, 0.6) is 0 Å². The second-order valence-corrected chi connectivity index (χ2v) is 5.40. The van der Waals surface area contributed by atoms with E-state index in [0.29, 0.717) is 6.54 Å². The molecule has 0 atom stereocenters. The number of nitrogens with zero attached hydrogens (tertiary/aromatic N) is 2. The summed E-state index contributed by atoms with van der Waals surface area (Å²) in [5.74, 6) is 0.834. The summed E-state index contributed by atoms with van der Waals surface area (Å²) in [4.78, 5) is 6.68. The van der Waals surface area contributed by atoms with Crippen LogP contribution in [0, 0.1) is 0 Å². The first-order valence-corrected chi connectivity index (χ1v) is 6.43. The van der Waals surface area contributed by atoms with Gasteiger partial charge in [-0.05, 0) is 26.0 Å². The number of rotatable bonds is 4. The van der Waals surface area contributed by atoms with E-state index in [4.69, 9.17) is 10.7 Å². The van der Waals surface area contributed by atoms with Crippen LogP contribution < -0.4 is 10.6 Å². The molecule has 0 unspecified atom stereocenters. The van der Waals surface area contributed by atoms with Crippen molar-refractivity contribution in [3.8, 4) is 0 Å². The highest BCUT2D eigenvalue weighted by Crippen LogP contribution is 2.27. The second kappa shape index (κ2) is 5.15. The van der Waals surface area contributed by atoms with Gasteiger partial charge in [-0.1, -0.05) is 18.2 Å². The topological polar surface area (TPSA) is 62.4 Å². The lowest BCUT2D eigenvalue weighted by molar-refractivity contribution is 0.215. The lowest BCUT2D eigenvalue weighted by atomic mass is 10.0. The Bertz CT molecular complexity index is 581. The fourth-order valence-corrected chi connectivity index (χ4v) is 1.98. The van der Waals surface area contributed by atoms with E-state index >= 15 is 0 Å². The van der Waals surface area contributed by atoms with Gasteiger partial charge in [0.25, 0.3) is 0 Å². The second-order valence-electron chi connectivity index (χ2n) is 5.40. The zero-order valence-corrected chi connectivity index (χ0v) is 11.7. The van der Waals surface area contributed by atoms with Crippen molar-refractivity contribution in [2.75, 3.05) is 18.6 Å². The molecular weight excluding hydrogens is 238 g/mol. The monoisotopic (exact) mass is 259 g/mol. The third kappa shape index (κ3) is 2.55. The van der Waals surface area contributed by atoms with Gasteiger partial charge in [0.15, 0.2) is 0 Å². The van der Waals surface area contributed by atoms with E-state index in [1.165, 1.54) is 0 Å². The van der Waals surface area contributed by atoms with Gasteiger partial charge in [0.05, 0.1) is 17.7 Å². The number of likely N-dealkylation sites (N-methyl/N-ethyl adjacent to an activating group) is 1. The molecule has 0 amide bonds. The van der Waals surface area contributed by atoms with E-state index in [0.717, 1.165) is 22.3 Å². The number of para-hydroxylation sites is 1. The molecule has 2 rings (SSSR count). The summed E-state index contributed by atoms with van der Waals surface area (Å²) in [6.45, 7) is 4.44. The van der Waals surface area contributed by atoms with Crippen LogP contribution in [0.2, 0.25) is 0 Å². The first-order chi connectivity index (χ1) is 8.99. The molecule has 0 spiro atoms. The number of aliphatic hydroxyl groups excluding tert-OH is 1. The summed E-state index contributed by atoms with van der Waals surface area (Å²) in [5.41, 5.74) is 7.39. The zero-order chi connectivity index (χ0) is 14.0. The first kappa shape index (κ1) is 13.8. The summed E-state index contributed by atoms with van der Waals surface area (Å²) < 4.78 is 0. The molecule has 0 fully saturated rings. The summed E-state index contributed by atoms with van der Waals surface area (Å²) in [7, 11) is 1.94. The van der Waals surface area contributed by atoms with Gasteiger partial charge in [-0.15, -0.1) is 0 Å². The van der Waals surface area contributed by atoms with E-state index < -0.39 is 0 Å². The molecule has 4 heteroatoms. The van der Waals surface area contributed by atoms with Crippen LogP contribution >= 0.6 is 0 Å². The molecule has 0 aliphatic carbocycles. The largest absolute Gasteiger partial charge is 0.394 e. The van der Waals surface area contributed by atoms with Gasteiger partial charge in [0.1, 0.15) is 5.82 Å². The Hall–Kier alpha value is -1.65. The molecule has 0 aliphatic rings. The highest BCUT2D eigenvalue weighted by atomic mass is 16.3. The molecule has 102 valence electrons. The van der Waals surface area contributed by atoms with Crippen LogP contribution in [0.3, 0.4) is 0 Å². The number of aliphatic hydroxyl groups is 1. The summed E-state index contributed by atoms with van der Waals surface area (Å²) in [5, 5.41) is 10.6. The maximum atomic E-state index is 9.50. The standard InChI is InChI=1S/C15H21N3O/c1-15(2,10-19)18(3)14-12(9-16)8-11-6-4-5-7-13(11)17-14/h4-8,19H,9-10,16H2,1-3H3. The molecule has 2 aromatic rings. The van der Waals surface area contributed by atoms with Crippen LogP contribution in [-0.2, 0) is 6.54 Å². The molecule has 0 saturated heterocycles. The molecule has 0 bridgehead atoms. The van der Waals surface area contributed by atoms with Crippen LogP contribution in [-0.4, -0.2) is 29.3 Å². The molecule has 19 heavy (non-hydrogen) atoms. The highest BCUT2D eigenvalue weighted by Gasteiger charge is 2.25. The van der Waals surface area contributed by atoms with E-state index in [1.807, 2.05) is 50.1 Å². The molecule has 1 heterocycles. The lowest BCUT2D eigenvalue weighted by Gasteiger charge is -2.36. The molecule has 1 aromatic heterocycles. The number of hydrogen-bond acceptors (Lipinski definition) is 4. The number of benzene rings is 1. The van der Waals surface area contributed by atoms with Gasteiger partial charge >= 0.3 is 0 Å². The maximum Gasteiger partial charge on any atom is 0.134 e. The van der Waals surface area contributed by atoms with Crippen LogP contribution in [0.15, 0.2) is 30.3 Å². The Kier molecular flexibility index (Phi) is 3.73. The zero-order valence-electron chi connectivity index (χ0n) is 11.7. The lowest BCUT2D eigenvalue weighted by Crippen LogP contribution is -2.45. The minimum absolute atomic E-state index is 0.0576. The smallest absolute Gasteiger partial charge is 0.134 e. The van der Waals surface area contributed by atoms with E-state index in [-0.39, 0.29) is 12.1 Å². The maximum absolute atomic E-state index is 9.50. The quantitative estimate of drug-likeness (QED) is 0.880. The molecule has 0 radical (unpaired) electrons. The Labute approximate surface area is 113 Å². The molecular formula is C15H21N3O. The van der Waals surface area contributed by atoms with E-state index in [9.17, 15) is 5.11 Å². The van der Waals surface area contributed by atoms with Crippen molar-refractivity contribution >= 4 is 16.7 Å². The Morgan fingerprint density at radius 2 is 2.00 bits per heavy atom. The first-order valence-electron chi connectivity index (χ1n) is 6.43. The van der Waals surface area contributed by atoms with Crippen molar-refractivity contribution in [2.24, 2.45) is 5.73 Å². The minimum Gasteiger partial charge on any atom is -0.394 e. The fourth-order valence-electron chi connectivity index (χ4n) is 1.98. The number of anilines is 1. The minimum atomic E-state index is -0.376. The molecule has 4 nitrogen and oxygen atoms in total. The summed E-state index contributed by atoms with van der Waals surface area (Å²) in [6, 6.07) is 10.0. The van der Waals surface area contributed by atoms with Crippen LogP contribution in [0.25, 0.3) is 10.9 Å². The number of fused-ring (bicyclic) bond motifs is 1. The normalized spacial score (nSPS) is 11.8. The number of pyridine rings is 1. The molecule has 0 aliphatic heterocycles. The fraction of sp³-hybridized carbons (Fsp3) is 0.400. The number of aromatic nitrogens is 1. The van der Waals surface area contributed by atoms with Gasteiger partial charge in [-0.25, -0.2) is 4.98 Å². The van der Waals surface area contributed by atoms with Crippen molar-refractivity contribution in [1.82, 2.24) is 4.98 Å². The van der Waals surface area contributed by atoms with E-state index in [2.05, 4.69) is 6.07 Å². The van der Waals surface area contributed by atoms with Gasteiger partial charge in [0.2, 0.25) is 0 Å². The number of hydrogen-bond donors (Lipinski definition) is 2. The molecule has 0 saturated carbocycles. The highest BCUT2D eigenvalue weighted by molar-refractivity contribution is 5.81. The van der Waals surface area contributed by atoms with Crippen molar-refractivity contribution in [3.63, 3.8) is 0 Å². The summed E-state index contributed by atoms with van der Waals surface area (Å²) in [6.07, 6.45) is 0. The Morgan fingerprint density at radius 3 is 2.63 bits per heavy atom. The summed E-state index contributed by atoms with van der Waals surface area (Å²) >= 11 is 0.